The second-order valence-corrected chi connectivity index (χ2v) is 10.3. The highest BCUT2D eigenvalue weighted by molar-refractivity contribution is 7.88. The van der Waals surface area contributed by atoms with Crippen molar-refractivity contribution < 1.29 is 22.7 Å². The van der Waals surface area contributed by atoms with Gasteiger partial charge in [-0.05, 0) is 37.1 Å². The SMILES string of the molecule is COc1ccc(CN2C(=O)CN(S(C)(=O)=O)CC2(C)C(=O)NCc2ccc(C)cc2)cc1. The van der Waals surface area contributed by atoms with E-state index in [0.717, 1.165) is 27.3 Å². The van der Waals surface area contributed by atoms with Crippen LogP contribution in [0, 0.1) is 6.92 Å². The van der Waals surface area contributed by atoms with Gasteiger partial charge in [0.2, 0.25) is 21.8 Å². The molecule has 0 radical (unpaired) electrons. The lowest BCUT2D eigenvalue weighted by atomic mass is 9.94. The predicted molar refractivity (Wildman–Crippen MR) is 121 cm³/mol. The summed E-state index contributed by atoms with van der Waals surface area (Å²) in [4.78, 5) is 27.8. The third kappa shape index (κ3) is 5.28. The van der Waals surface area contributed by atoms with Crippen LogP contribution in [0.15, 0.2) is 48.5 Å². The van der Waals surface area contributed by atoms with E-state index in [0.29, 0.717) is 5.75 Å². The summed E-state index contributed by atoms with van der Waals surface area (Å²) in [7, 11) is -2.08. The first-order valence-corrected chi connectivity index (χ1v) is 12.1. The van der Waals surface area contributed by atoms with Crippen LogP contribution >= 0.6 is 0 Å². The predicted octanol–water partition coefficient (Wildman–Crippen LogP) is 1.68. The van der Waals surface area contributed by atoms with Crippen LogP contribution in [0.2, 0.25) is 0 Å². The number of hydrogen-bond acceptors (Lipinski definition) is 5. The molecule has 2 aromatic carbocycles. The van der Waals surface area contributed by atoms with Crippen LogP contribution in [0.4, 0.5) is 0 Å². The fraction of sp³-hybridized carbons (Fsp3) is 0.391. The Morgan fingerprint density at radius 1 is 1.09 bits per heavy atom. The average Bonchev–Trinajstić information content (AvgIpc) is 2.75. The highest BCUT2D eigenvalue weighted by Gasteiger charge is 2.49. The van der Waals surface area contributed by atoms with Gasteiger partial charge in [-0.15, -0.1) is 0 Å². The Balaban J connectivity index is 1.86. The molecule has 172 valence electrons. The minimum Gasteiger partial charge on any atom is -0.497 e. The van der Waals surface area contributed by atoms with E-state index in [9.17, 15) is 18.0 Å². The summed E-state index contributed by atoms with van der Waals surface area (Å²) in [6.45, 7) is 3.63. The molecule has 0 bridgehead atoms. The first kappa shape index (κ1) is 23.7. The van der Waals surface area contributed by atoms with Crippen molar-refractivity contribution in [3.8, 4) is 5.75 Å². The number of aryl methyl sites for hydroxylation is 1. The number of benzene rings is 2. The molecular weight excluding hydrogens is 430 g/mol. The monoisotopic (exact) mass is 459 g/mol. The lowest BCUT2D eigenvalue weighted by Gasteiger charge is -2.46. The zero-order valence-corrected chi connectivity index (χ0v) is 19.6. The van der Waals surface area contributed by atoms with E-state index in [4.69, 9.17) is 4.74 Å². The second-order valence-electron chi connectivity index (χ2n) is 8.30. The minimum atomic E-state index is -3.65. The van der Waals surface area contributed by atoms with Gasteiger partial charge in [-0.25, -0.2) is 8.42 Å². The number of sulfonamides is 1. The molecule has 32 heavy (non-hydrogen) atoms. The van der Waals surface area contributed by atoms with Crippen molar-refractivity contribution >= 4 is 21.8 Å². The first-order valence-electron chi connectivity index (χ1n) is 10.3. The van der Waals surface area contributed by atoms with Crippen LogP contribution in [0.5, 0.6) is 5.75 Å². The van der Waals surface area contributed by atoms with Crippen molar-refractivity contribution in [3.05, 3.63) is 65.2 Å². The molecule has 1 N–H and O–H groups in total. The van der Waals surface area contributed by atoms with E-state index in [-0.39, 0.29) is 26.2 Å². The zero-order chi connectivity index (χ0) is 23.5. The maximum absolute atomic E-state index is 13.3. The van der Waals surface area contributed by atoms with E-state index in [1.807, 2.05) is 43.3 Å². The Labute approximate surface area is 189 Å². The number of nitrogens with zero attached hydrogens (tertiary/aromatic N) is 2. The van der Waals surface area contributed by atoms with Crippen molar-refractivity contribution in [2.75, 3.05) is 26.5 Å². The summed E-state index contributed by atoms with van der Waals surface area (Å²) >= 11 is 0. The quantitative estimate of drug-likeness (QED) is 0.680. The highest BCUT2D eigenvalue weighted by atomic mass is 32.2. The molecule has 0 saturated carbocycles. The summed E-state index contributed by atoms with van der Waals surface area (Å²) in [5.41, 5.74) is 1.46. The Hall–Kier alpha value is -2.91. The van der Waals surface area contributed by atoms with Gasteiger partial charge in [-0.2, -0.15) is 4.31 Å². The molecule has 2 amide bonds. The Morgan fingerprint density at radius 3 is 2.25 bits per heavy atom. The number of hydrogen-bond donors (Lipinski definition) is 1. The van der Waals surface area contributed by atoms with Gasteiger partial charge in [0.25, 0.3) is 0 Å². The molecule has 1 saturated heterocycles. The van der Waals surface area contributed by atoms with Crippen LogP contribution < -0.4 is 10.1 Å². The Kier molecular flexibility index (Phi) is 6.90. The van der Waals surface area contributed by atoms with Gasteiger partial charge < -0.3 is 15.0 Å². The van der Waals surface area contributed by atoms with Crippen molar-refractivity contribution in [3.63, 3.8) is 0 Å². The molecule has 1 aliphatic heterocycles. The standard InChI is InChI=1S/C23H29N3O5S/c1-17-5-7-18(8-6-17)13-24-22(28)23(2)16-25(32(4,29)30)15-21(27)26(23)14-19-9-11-20(31-3)12-10-19/h5-12H,13-16H2,1-4H3,(H,24,28). The fourth-order valence-corrected chi connectivity index (χ4v) is 4.51. The van der Waals surface area contributed by atoms with Crippen molar-refractivity contribution in [2.45, 2.75) is 32.5 Å². The number of nitrogens with one attached hydrogen (secondary N) is 1. The molecule has 9 heteroatoms. The molecule has 1 unspecified atom stereocenters. The minimum absolute atomic E-state index is 0.118. The van der Waals surface area contributed by atoms with Crippen molar-refractivity contribution in [2.24, 2.45) is 0 Å². The largest absolute Gasteiger partial charge is 0.497 e. The van der Waals surface area contributed by atoms with E-state index in [1.165, 1.54) is 4.90 Å². The molecule has 2 aromatic rings. The van der Waals surface area contributed by atoms with Crippen molar-refractivity contribution in [1.29, 1.82) is 0 Å². The number of carbonyl (C=O) groups excluding carboxylic acids is 2. The van der Waals surface area contributed by atoms with E-state index in [2.05, 4.69) is 5.32 Å². The van der Waals surface area contributed by atoms with Crippen molar-refractivity contribution in [1.82, 2.24) is 14.5 Å². The topological polar surface area (TPSA) is 96.0 Å². The molecule has 1 atom stereocenters. The highest BCUT2D eigenvalue weighted by Crippen LogP contribution is 2.27. The molecule has 1 aliphatic rings. The number of carbonyl (C=O) groups is 2. The van der Waals surface area contributed by atoms with Crippen LogP contribution in [0.25, 0.3) is 0 Å². The lowest BCUT2D eigenvalue weighted by Crippen LogP contribution is -2.69. The third-order valence-electron chi connectivity index (χ3n) is 5.72. The first-order chi connectivity index (χ1) is 15.0. The van der Waals surface area contributed by atoms with Crippen LogP contribution in [0.1, 0.15) is 23.6 Å². The summed E-state index contributed by atoms with van der Waals surface area (Å²) in [6.07, 6.45) is 1.05. The lowest BCUT2D eigenvalue weighted by molar-refractivity contribution is -0.153. The molecule has 0 aromatic heterocycles. The average molecular weight is 460 g/mol. The van der Waals surface area contributed by atoms with Gasteiger partial charge in [-0.3, -0.25) is 9.59 Å². The van der Waals surface area contributed by atoms with Crippen LogP contribution in [-0.4, -0.2) is 61.4 Å². The maximum atomic E-state index is 13.3. The molecule has 1 heterocycles. The summed E-state index contributed by atoms with van der Waals surface area (Å²) in [6, 6.07) is 14.9. The van der Waals surface area contributed by atoms with Gasteiger partial charge in [0.15, 0.2) is 0 Å². The van der Waals surface area contributed by atoms with E-state index in [1.54, 1.807) is 26.2 Å². The maximum Gasteiger partial charge on any atom is 0.247 e. The molecular formula is C23H29N3O5S. The number of ether oxygens (including phenoxy) is 1. The normalized spacial score (nSPS) is 19.6. The fourth-order valence-electron chi connectivity index (χ4n) is 3.68. The van der Waals surface area contributed by atoms with Gasteiger partial charge in [-0.1, -0.05) is 42.0 Å². The third-order valence-corrected chi connectivity index (χ3v) is 6.92. The summed E-state index contributed by atoms with van der Waals surface area (Å²) in [5.74, 6) is -0.153. The molecule has 3 rings (SSSR count). The number of rotatable bonds is 7. The van der Waals surface area contributed by atoms with Gasteiger partial charge in [0, 0.05) is 19.6 Å². The van der Waals surface area contributed by atoms with E-state index < -0.39 is 27.4 Å². The van der Waals surface area contributed by atoms with Gasteiger partial charge in [0.05, 0.1) is 19.9 Å². The summed E-state index contributed by atoms with van der Waals surface area (Å²) in [5, 5.41) is 2.88. The molecule has 0 spiro atoms. The molecule has 1 fully saturated rings. The van der Waals surface area contributed by atoms with Gasteiger partial charge in [0.1, 0.15) is 11.3 Å². The van der Waals surface area contributed by atoms with E-state index >= 15 is 0 Å². The summed E-state index contributed by atoms with van der Waals surface area (Å²) < 4.78 is 30.6. The Morgan fingerprint density at radius 2 is 1.69 bits per heavy atom. The van der Waals surface area contributed by atoms with Crippen LogP contribution in [-0.2, 0) is 32.7 Å². The number of amides is 2. The van der Waals surface area contributed by atoms with Crippen LogP contribution in [0.3, 0.4) is 0 Å². The molecule has 8 nitrogen and oxygen atoms in total. The zero-order valence-electron chi connectivity index (χ0n) is 18.8. The smallest absolute Gasteiger partial charge is 0.247 e. The second kappa shape index (κ2) is 9.30. The van der Waals surface area contributed by atoms with Gasteiger partial charge >= 0.3 is 0 Å². The number of methoxy groups -OCH3 is 1. The molecule has 0 aliphatic carbocycles. The number of piperazine rings is 1. The Bertz CT molecular complexity index is 1080.